The molecule has 0 aromatic heterocycles. The molecular formula is C20H24N2O. The number of carbonyl (C=O) groups is 1. The van der Waals surface area contributed by atoms with Crippen LogP contribution in [0, 0.1) is 0 Å². The molecule has 1 fully saturated rings. The topological polar surface area (TPSA) is 23.6 Å². The molecule has 0 radical (unpaired) electrons. The summed E-state index contributed by atoms with van der Waals surface area (Å²) in [5, 5.41) is 0. The largest absolute Gasteiger partial charge is 0.338 e. The predicted octanol–water partition coefficient (Wildman–Crippen LogP) is 2.92. The third-order valence-electron chi connectivity index (χ3n) is 4.90. The summed E-state index contributed by atoms with van der Waals surface area (Å²) in [6.45, 7) is 1.55. The van der Waals surface area contributed by atoms with E-state index in [9.17, 15) is 4.79 Å². The monoisotopic (exact) mass is 308 g/mol. The molecule has 1 aliphatic rings. The molecule has 0 bridgehead atoms. The number of benzene rings is 2. The van der Waals surface area contributed by atoms with Gasteiger partial charge in [-0.1, -0.05) is 60.7 Å². The van der Waals surface area contributed by atoms with Gasteiger partial charge in [-0.25, -0.2) is 0 Å². The third-order valence-corrected chi connectivity index (χ3v) is 4.90. The minimum atomic E-state index is -0.0380. The first kappa shape index (κ1) is 15.8. The quantitative estimate of drug-likeness (QED) is 0.848. The zero-order valence-electron chi connectivity index (χ0n) is 13.9. The zero-order chi connectivity index (χ0) is 16.3. The van der Waals surface area contributed by atoms with Crippen molar-refractivity contribution in [2.75, 3.05) is 27.2 Å². The predicted molar refractivity (Wildman–Crippen MR) is 93.2 cm³/mol. The molecule has 2 aromatic carbocycles. The number of hydrogen-bond acceptors (Lipinski definition) is 2. The highest BCUT2D eigenvalue weighted by molar-refractivity contribution is 5.78. The standard InChI is InChI=1S/C20H24N2O/c1-21(2)20(18-11-7-4-8-12-18)15-22(16-20)19(23)14-13-17-9-5-3-6-10-17/h3-12H,13-16H2,1-2H3. The lowest BCUT2D eigenvalue weighted by molar-refractivity contribution is -0.145. The van der Waals surface area contributed by atoms with Gasteiger partial charge in [0.15, 0.2) is 0 Å². The van der Waals surface area contributed by atoms with E-state index in [0.717, 1.165) is 19.5 Å². The summed E-state index contributed by atoms with van der Waals surface area (Å²) in [5.74, 6) is 0.252. The lowest BCUT2D eigenvalue weighted by Gasteiger charge is -2.54. The fourth-order valence-corrected chi connectivity index (χ4v) is 3.29. The minimum Gasteiger partial charge on any atom is -0.338 e. The molecule has 3 rings (SSSR count). The third kappa shape index (κ3) is 3.15. The van der Waals surface area contributed by atoms with E-state index >= 15 is 0 Å². The number of carbonyl (C=O) groups excluding carboxylic acids is 1. The van der Waals surface area contributed by atoms with E-state index in [1.54, 1.807) is 0 Å². The fraction of sp³-hybridized carbons (Fsp3) is 0.350. The maximum atomic E-state index is 12.4. The van der Waals surface area contributed by atoms with E-state index in [-0.39, 0.29) is 11.4 Å². The summed E-state index contributed by atoms with van der Waals surface area (Å²) < 4.78 is 0. The van der Waals surface area contributed by atoms with Gasteiger partial charge in [-0.15, -0.1) is 0 Å². The van der Waals surface area contributed by atoms with Crippen LogP contribution in [-0.4, -0.2) is 42.9 Å². The van der Waals surface area contributed by atoms with E-state index in [2.05, 4.69) is 55.4 Å². The van der Waals surface area contributed by atoms with Crippen molar-refractivity contribution in [3.05, 3.63) is 71.8 Å². The Labute approximate surface area is 138 Å². The second kappa shape index (κ2) is 6.55. The van der Waals surface area contributed by atoms with Crippen LogP contribution in [0.1, 0.15) is 17.5 Å². The molecule has 0 unspecified atom stereocenters. The number of aryl methyl sites for hydroxylation is 1. The minimum absolute atomic E-state index is 0.0380. The molecule has 1 heterocycles. The van der Waals surface area contributed by atoms with Gasteiger partial charge < -0.3 is 4.90 Å². The van der Waals surface area contributed by atoms with Crippen molar-refractivity contribution in [1.82, 2.24) is 9.80 Å². The van der Waals surface area contributed by atoms with E-state index in [1.807, 2.05) is 29.2 Å². The van der Waals surface area contributed by atoms with Crippen molar-refractivity contribution in [1.29, 1.82) is 0 Å². The number of rotatable bonds is 5. The second-order valence-corrected chi connectivity index (χ2v) is 6.53. The van der Waals surface area contributed by atoms with Crippen LogP contribution in [0.4, 0.5) is 0 Å². The van der Waals surface area contributed by atoms with E-state index in [0.29, 0.717) is 6.42 Å². The van der Waals surface area contributed by atoms with Crippen LogP contribution in [0.3, 0.4) is 0 Å². The lowest BCUT2D eigenvalue weighted by Crippen LogP contribution is -2.67. The van der Waals surface area contributed by atoms with Gasteiger partial charge >= 0.3 is 0 Å². The number of amides is 1. The number of likely N-dealkylation sites (tertiary alicyclic amines) is 1. The highest BCUT2D eigenvalue weighted by Crippen LogP contribution is 2.36. The average molecular weight is 308 g/mol. The highest BCUT2D eigenvalue weighted by atomic mass is 16.2. The first-order valence-corrected chi connectivity index (χ1v) is 8.16. The Morgan fingerprint density at radius 1 is 1.00 bits per heavy atom. The lowest BCUT2D eigenvalue weighted by atomic mass is 9.81. The molecule has 1 amide bonds. The van der Waals surface area contributed by atoms with Crippen LogP contribution in [0.5, 0.6) is 0 Å². The molecule has 1 saturated heterocycles. The fourth-order valence-electron chi connectivity index (χ4n) is 3.29. The van der Waals surface area contributed by atoms with Crippen LogP contribution in [0.15, 0.2) is 60.7 Å². The van der Waals surface area contributed by atoms with Gasteiger partial charge in [0.25, 0.3) is 0 Å². The van der Waals surface area contributed by atoms with Crippen molar-refractivity contribution < 1.29 is 4.79 Å². The average Bonchev–Trinajstić information content (AvgIpc) is 2.53. The maximum Gasteiger partial charge on any atom is 0.223 e. The van der Waals surface area contributed by atoms with Gasteiger partial charge in [-0.3, -0.25) is 9.69 Å². The summed E-state index contributed by atoms with van der Waals surface area (Å²) in [6, 6.07) is 20.7. The number of likely N-dealkylation sites (N-methyl/N-ethyl adjacent to an activating group) is 1. The highest BCUT2D eigenvalue weighted by Gasteiger charge is 2.47. The summed E-state index contributed by atoms with van der Waals surface area (Å²) >= 11 is 0. The van der Waals surface area contributed by atoms with Gasteiger partial charge in [0.05, 0.1) is 5.54 Å². The molecular weight excluding hydrogens is 284 g/mol. The van der Waals surface area contributed by atoms with Crippen molar-refractivity contribution in [3.8, 4) is 0 Å². The van der Waals surface area contributed by atoms with E-state index < -0.39 is 0 Å². The Bertz CT molecular complexity index is 646. The molecule has 0 N–H and O–H groups in total. The van der Waals surface area contributed by atoms with Gasteiger partial charge in [0.1, 0.15) is 0 Å². The first-order valence-electron chi connectivity index (χ1n) is 8.16. The molecule has 1 aliphatic heterocycles. The van der Waals surface area contributed by atoms with E-state index in [4.69, 9.17) is 0 Å². The Balaban J connectivity index is 1.61. The first-order chi connectivity index (χ1) is 11.1. The molecule has 3 nitrogen and oxygen atoms in total. The normalized spacial score (nSPS) is 16.2. The Morgan fingerprint density at radius 2 is 1.57 bits per heavy atom. The Morgan fingerprint density at radius 3 is 2.13 bits per heavy atom. The molecule has 0 atom stereocenters. The van der Waals surface area contributed by atoms with Crippen molar-refractivity contribution in [3.63, 3.8) is 0 Å². The number of hydrogen-bond donors (Lipinski definition) is 0. The number of nitrogens with zero attached hydrogens (tertiary/aromatic N) is 2. The SMILES string of the molecule is CN(C)C1(c2ccccc2)CN(C(=O)CCc2ccccc2)C1. The molecule has 23 heavy (non-hydrogen) atoms. The smallest absolute Gasteiger partial charge is 0.223 e. The zero-order valence-corrected chi connectivity index (χ0v) is 13.9. The molecule has 120 valence electrons. The molecule has 2 aromatic rings. The van der Waals surface area contributed by atoms with Gasteiger partial charge in [0.2, 0.25) is 5.91 Å². The summed E-state index contributed by atoms with van der Waals surface area (Å²) in [6.07, 6.45) is 1.40. The van der Waals surface area contributed by atoms with Crippen molar-refractivity contribution >= 4 is 5.91 Å². The second-order valence-electron chi connectivity index (χ2n) is 6.53. The molecule has 0 saturated carbocycles. The van der Waals surface area contributed by atoms with Crippen molar-refractivity contribution in [2.45, 2.75) is 18.4 Å². The van der Waals surface area contributed by atoms with E-state index in [1.165, 1.54) is 11.1 Å². The summed E-state index contributed by atoms with van der Waals surface area (Å²) in [5.41, 5.74) is 2.48. The molecule has 3 heteroatoms. The molecule has 0 spiro atoms. The maximum absolute atomic E-state index is 12.4. The molecule has 0 aliphatic carbocycles. The Hall–Kier alpha value is -2.13. The summed E-state index contributed by atoms with van der Waals surface area (Å²) in [4.78, 5) is 16.7. The van der Waals surface area contributed by atoms with Gasteiger partial charge in [-0.05, 0) is 31.6 Å². The van der Waals surface area contributed by atoms with Crippen LogP contribution in [-0.2, 0) is 16.8 Å². The van der Waals surface area contributed by atoms with Crippen molar-refractivity contribution in [2.24, 2.45) is 0 Å². The van der Waals surface area contributed by atoms with Crippen LogP contribution < -0.4 is 0 Å². The van der Waals surface area contributed by atoms with Crippen LogP contribution in [0.2, 0.25) is 0 Å². The van der Waals surface area contributed by atoms with Crippen LogP contribution >= 0.6 is 0 Å². The van der Waals surface area contributed by atoms with Gasteiger partial charge in [0, 0.05) is 19.5 Å². The summed E-state index contributed by atoms with van der Waals surface area (Å²) in [7, 11) is 4.19. The van der Waals surface area contributed by atoms with Crippen LogP contribution in [0.25, 0.3) is 0 Å². The van der Waals surface area contributed by atoms with Gasteiger partial charge in [-0.2, -0.15) is 0 Å². The Kier molecular flexibility index (Phi) is 4.49.